The number of carbonyl (C=O) groups is 2. The quantitative estimate of drug-likeness (QED) is 0.473. The molecule has 3 aromatic rings. The van der Waals surface area contributed by atoms with Crippen LogP contribution in [-0.2, 0) is 48.0 Å². The van der Waals surface area contributed by atoms with E-state index >= 15 is 0 Å². The average Bonchev–Trinajstić information content (AvgIpc) is 2.82. The number of anilines is 2. The van der Waals surface area contributed by atoms with Crippen molar-refractivity contribution in [2.75, 3.05) is 11.9 Å². The number of halogens is 3. The Labute approximate surface area is 201 Å². The zero-order valence-corrected chi connectivity index (χ0v) is 19.2. The van der Waals surface area contributed by atoms with Gasteiger partial charge in [-0.25, -0.2) is 9.97 Å². The molecule has 2 aromatic carbocycles. The highest BCUT2D eigenvalue weighted by Crippen LogP contribution is 2.32. The van der Waals surface area contributed by atoms with Gasteiger partial charge in [0.15, 0.2) is 0 Å². The number of aryl methyl sites for hydroxylation is 2. The van der Waals surface area contributed by atoms with Gasteiger partial charge in [-0.15, -0.1) is 0 Å². The number of hydrogen-bond acceptors (Lipinski definition) is 5. The van der Waals surface area contributed by atoms with Gasteiger partial charge >= 0.3 is 6.18 Å². The zero-order valence-electron chi connectivity index (χ0n) is 19.2. The van der Waals surface area contributed by atoms with Crippen LogP contribution in [0, 0.1) is 0 Å². The van der Waals surface area contributed by atoms with Crippen molar-refractivity contribution in [3.63, 3.8) is 0 Å². The molecule has 35 heavy (non-hydrogen) atoms. The topological polar surface area (TPSA) is 75.2 Å². The molecule has 0 aliphatic carbocycles. The van der Waals surface area contributed by atoms with Gasteiger partial charge in [-0.05, 0) is 60.6 Å². The molecule has 1 aliphatic heterocycles. The van der Waals surface area contributed by atoms with Crippen molar-refractivity contribution in [2.45, 2.75) is 45.3 Å². The normalized spacial score (nSPS) is 13.3. The zero-order chi connectivity index (χ0) is 25.0. The highest BCUT2D eigenvalue weighted by molar-refractivity contribution is 5.78. The van der Waals surface area contributed by atoms with Crippen LogP contribution < -0.4 is 5.32 Å². The molecule has 0 saturated heterocycles. The number of Topliss-reactive ketones (excluding diaryl/α,β-unsaturated/α-hetero) is 1. The number of benzene rings is 2. The van der Waals surface area contributed by atoms with E-state index in [1.54, 1.807) is 17.0 Å². The molecule has 4 rings (SSSR count). The molecule has 1 aromatic heterocycles. The summed E-state index contributed by atoms with van der Waals surface area (Å²) in [6.45, 7) is 2.64. The molecule has 1 amide bonds. The maximum absolute atomic E-state index is 13.7. The van der Waals surface area contributed by atoms with Crippen LogP contribution in [0.5, 0.6) is 0 Å². The lowest BCUT2D eigenvalue weighted by atomic mass is 9.97. The van der Waals surface area contributed by atoms with Gasteiger partial charge in [-0.1, -0.05) is 30.3 Å². The van der Waals surface area contributed by atoms with Gasteiger partial charge in [-0.3, -0.25) is 9.59 Å². The van der Waals surface area contributed by atoms with Crippen LogP contribution in [0.3, 0.4) is 0 Å². The molecule has 0 atom stereocenters. The first-order valence-electron chi connectivity index (χ1n) is 11.3. The van der Waals surface area contributed by atoms with Crippen molar-refractivity contribution in [3.8, 4) is 0 Å². The SMILES string of the molecule is CC(=O)Cc1ccccc1CCc1nc(Nc2ccc3c(c2)CCN(C=O)C3)ncc1C(F)(F)F. The van der Waals surface area contributed by atoms with E-state index in [-0.39, 0.29) is 30.3 Å². The molecule has 1 N–H and O–H groups in total. The van der Waals surface area contributed by atoms with Crippen LogP contribution in [0.1, 0.15) is 40.4 Å². The fraction of sp³-hybridized carbons (Fsp3) is 0.308. The van der Waals surface area contributed by atoms with E-state index in [4.69, 9.17) is 0 Å². The van der Waals surface area contributed by atoms with E-state index in [1.807, 2.05) is 30.3 Å². The van der Waals surface area contributed by atoms with Gasteiger partial charge in [0, 0.05) is 31.4 Å². The lowest BCUT2D eigenvalue weighted by Gasteiger charge is -2.25. The average molecular weight is 483 g/mol. The number of ketones is 1. The van der Waals surface area contributed by atoms with Crippen LogP contribution in [-0.4, -0.2) is 33.6 Å². The number of nitrogens with zero attached hydrogens (tertiary/aromatic N) is 3. The predicted molar refractivity (Wildman–Crippen MR) is 125 cm³/mol. The van der Waals surface area contributed by atoms with Crippen LogP contribution in [0.25, 0.3) is 0 Å². The van der Waals surface area contributed by atoms with Gasteiger partial charge in [-0.2, -0.15) is 13.2 Å². The minimum absolute atomic E-state index is 0.00845. The summed E-state index contributed by atoms with van der Waals surface area (Å²) in [5.74, 6) is 0.0705. The second kappa shape index (κ2) is 10.2. The first kappa shape index (κ1) is 24.4. The molecule has 0 bridgehead atoms. The van der Waals surface area contributed by atoms with Gasteiger partial charge in [0.2, 0.25) is 12.4 Å². The second-order valence-corrected chi connectivity index (χ2v) is 8.63. The smallest absolute Gasteiger partial charge is 0.341 e. The molecule has 0 unspecified atom stereocenters. The summed E-state index contributed by atoms with van der Waals surface area (Å²) in [6.07, 6.45) is -1.65. The molecule has 0 radical (unpaired) electrons. The lowest BCUT2D eigenvalue weighted by molar-refractivity contribution is -0.138. The van der Waals surface area contributed by atoms with E-state index < -0.39 is 11.7 Å². The Bertz CT molecular complexity index is 1240. The molecule has 9 heteroatoms. The Morgan fingerprint density at radius 3 is 2.60 bits per heavy atom. The first-order chi connectivity index (χ1) is 16.7. The second-order valence-electron chi connectivity index (χ2n) is 8.63. The molecule has 2 heterocycles. The number of carbonyl (C=O) groups excluding carboxylic acids is 2. The van der Waals surface area contributed by atoms with Gasteiger partial charge < -0.3 is 10.2 Å². The van der Waals surface area contributed by atoms with E-state index in [1.165, 1.54) is 6.92 Å². The molecule has 182 valence electrons. The Balaban J connectivity index is 1.56. The third-order valence-corrected chi connectivity index (χ3v) is 6.02. The number of amides is 1. The van der Waals surface area contributed by atoms with E-state index in [2.05, 4.69) is 15.3 Å². The first-order valence-corrected chi connectivity index (χ1v) is 11.3. The monoisotopic (exact) mass is 482 g/mol. The Hall–Kier alpha value is -3.75. The van der Waals surface area contributed by atoms with Gasteiger partial charge in [0.05, 0.1) is 11.3 Å². The fourth-order valence-electron chi connectivity index (χ4n) is 4.27. The summed E-state index contributed by atoms with van der Waals surface area (Å²) in [7, 11) is 0. The minimum Gasteiger partial charge on any atom is -0.341 e. The molecule has 0 saturated carbocycles. The maximum atomic E-state index is 13.7. The largest absolute Gasteiger partial charge is 0.419 e. The molecular weight excluding hydrogens is 457 g/mol. The van der Waals surface area contributed by atoms with Crippen molar-refractivity contribution in [1.82, 2.24) is 14.9 Å². The Morgan fingerprint density at radius 2 is 1.89 bits per heavy atom. The number of alkyl halides is 3. The maximum Gasteiger partial charge on any atom is 0.419 e. The number of aromatic nitrogens is 2. The molecule has 0 spiro atoms. The van der Waals surface area contributed by atoms with Crippen molar-refractivity contribution in [3.05, 3.63) is 82.2 Å². The lowest BCUT2D eigenvalue weighted by Crippen LogP contribution is -2.29. The summed E-state index contributed by atoms with van der Waals surface area (Å²) in [5, 5.41) is 3.02. The molecule has 0 fully saturated rings. The molecule has 6 nitrogen and oxygen atoms in total. The van der Waals surface area contributed by atoms with Crippen molar-refractivity contribution >= 4 is 23.8 Å². The van der Waals surface area contributed by atoms with Crippen LogP contribution in [0.15, 0.2) is 48.7 Å². The van der Waals surface area contributed by atoms with Gasteiger partial charge in [0.25, 0.3) is 0 Å². The highest BCUT2D eigenvalue weighted by atomic mass is 19.4. The predicted octanol–water partition coefficient (Wildman–Crippen LogP) is 4.67. The number of rotatable bonds is 8. The van der Waals surface area contributed by atoms with Gasteiger partial charge in [0.1, 0.15) is 5.78 Å². The van der Waals surface area contributed by atoms with Crippen LogP contribution in [0.4, 0.5) is 24.8 Å². The van der Waals surface area contributed by atoms with Crippen molar-refractivity contribution in [1.29, 1.82) is 0 Å². The highest BCUT2D eigenvalue weighted by Gasteiger charge is 2.35. The Kier molecular flexibility index (Phi) is 7.14. The fourth-order valence-corrected chi connectivity index (χ4v) is 4.27. The van der Waals surface area contributed by atoms with Crippen LogP contribution >= 0.6 is 0 Å². The summed E-state index contributed by atoms with van der Waals surface area (Å²) in [6, 6.07) is 12.9. The third-order valence-electron chi connectivity index (χ3n) is 6.02. The summed E-state index contributed by atoms with van der Waals surface area (Å²) in [4.78, 5) is 32.4. The number of nitrogens with one attached hydrogen (secondary N) is 1. The summed E-state index contributed by atoms with van der Waals surface area (Å²) < 4.78 is 41.0. The van der Waals surface area contributed by atoms with E-state index in [0.29, 0.717) is 31.6 Å². The minimum atomic E-state index is -4.58. The van der Waals surface area contributed by atoms with Crippen LogP contribution in [0.2, 0.25) is 0 Å². The number of hydrogen-bond donors (Lipinski definition) is 1. The number of fused-ring (bicyclic) bond motifs is 1. The molecule has 1 aliphatic rings. The third kappa shape index (κ3) is 6.03. The standard InChI is InChI=1S/C26H25F3N4O2/c1-17(35)12-19-5-3-2-4-18(19)7-9-24-23(26(27,28)29)14-30-25(32-24)31-22-8-6-21-15-33(16-34)11-10-20(21)13-22/h2-6,8,13-14,16H,7,9-12,15H2,1H3,(H,30,31,32). The van der Waals surface area contributed by atoms with E-state index in [9.17, 15) is 22.8 Å². The van der Waals surface area contributed by atoms with E-state index in [0.717, 1.165) is 34.9 Å². The molecular formula is C26H25F3N4O2. The summed E-state index contributed by atoms with van der Waals surface area (Å²) >= 11 is 0. The van der Waals surface area contributed by atoms with Crippen molar-refractivity contribution in [2.24, 2.45) is 0 Å². The Morgan fingerprint density at radius 1 is 1.11 bits per heavy atom. The van der Waals surface area contributed by atoms with Crippen molar-refractivity contribution < 1.29 is 22.8 Å². The summed E-state index contributed by atoms with van der Waals surface area (Å²) in [5.41, 5.74) is 3.43.